The lowest BCUT2D eigenvalue weighted by Gasteiger charge is -2.17. The Balaban J connectivity index is 2.25. The number of aromatic hydroxyl groups is 1. The van der Waals surface area contributed by atoms with E-state index in [4.69, 9.17) is 5.73 Å². The summed E-state index contributed by atoms with van der Waals surface area (Å²) < 4.78 is 38.7. The minimum absolute atomic E-state index is 0.00810. The molecule has 0 amide bonds. The highest BCUT2D eigenvalue weighted by Gasteiger charge is 2.21. The number of phenols is 1. The monoisotopic (exact) mass is 310 g/mol. The van der Waals surface area contributed by atoms with E-state index in [-0.39, 0.29) is 28.7 Å². The zero-order valence-corrected chi connectivity index (χ0v) is 12.1. The summed E-state index contributed by atoms with van der Waals surface area (Å²) >= 11 is 0. The van der Waals surface area contributed by atoms with Crippen molar-refractivity contribution in [1.29, 1.82) is 0 Å². The van der Waals surface area contributed by atoms with Crippen LogP contribution in [0, 0.1) is 5.82 Å². The van der Waals surface area contributed by atoms with Gasteiger partial charge in [-0.05, 0) is 35.9 Å². The number of phenolic OH excluding ortho intramolecular Hbond substituents is 1. The van der Waals surface area contributed by atoms with Crippen LogP contribution in [0.5, 0.6) is 5.75 Å². The molecule has 0 unspecified atom stereocenters. The van der Waals surface area contributed by atoms with Gasteiger partial charge in [-0.25, -0.2) is 12.8 Å². The van der Waals surface area contributed by atoms with Crippen LogP contribution in [0.4, 0.5) is 10.1 Å². The number of benzene rings is 2. The van der Waals surface area contributed by atoms with Crippen molar-refractivity contribution in [3.8, 4) is 5.75 Å². The minimum atomic E-state index is -3.74. The molecule has 2 aromatic carbocycles. The number of anilines is 1. The minimum Gasteiger partial charge on any atom is -0.506 e. The second-order valence-electron chi connectivity index (χ2n) is 4.61. The number of halogens is 1. The van der Waals surface area contributed by atoms with Gasteiger partial charge < -0.3 is 10.8 Å². The van der Waals surface area contributed by atoms with Crippen molar-refractivity contribution < 1.29 is 17.9 Å². The molecule has 5 nitrogen and oxygen atoms in total. The number of rotatable bonds is 4. The highest BCUT2D eigenvalue weighted by atomic mass is 32.2. The van der Waals surface area contributed by atoms with Crippen molar-refractivity contribution in [3.63, 3.8) is 0 Å². The molecule has 0 aliphatic rings. The fourth-order valence-electron chi connectivity index (χ4n) is 1.80. The first kappa shape index (κ1) is 15.3. The Hall–Kier alpha value is -2.12. The predicted molar refractivity (Wildman–Crippen MR) is 77.6 cm³/mol. The Kier molecular flexibility index (Phi) is 4.15. The molecule has 0 radical (unpaired) electrons. The zero-order valence-electron chi connectivity index (χ0n) is 11.3. The largest absolute Gasteiger partial charge is 0.506 e. The predicted octanol–water partition coefficient (Wildman–Crippen LogP) is 1.93. The van der Waals surface area contributed by atoms with E-state index in [0.717, 1.165) is 4.31 Å². The summed E-state index contributed by atoms with van der Waals surface area (Å²) in [6, 6.07) is 9.30. The lowest BCUT2D eigenvalue weighted by atomic mass is 10.2. The van der Waals surface area contributed by atoms with Gasteiger partial charge in [0.2, 0.25) is 10.0 Å². The van der Waals surface area contributed by atoms with Crippen molar-refractivity contribution in [2.24, 2.45) is 0 Å². The first-order valence-corrected chi connectivity index (χ1v) is 7.54. The van der Waals surface area contributed by atoms with E-state index in [9.17, 15) is 17.9 Å². The molecule has 7 heteroatoms. The quantitative estimate of drug-likeness (QED) is 0.667. The fraction of sp³-hybridized carbons (Fsp3) is 0.143. The van der Waals surface area contributed by atoms with Crippen LogP contribution in [0.1, 0.15) is 5.56 Å². The third-order valence-corrected chi connectivity index (χ3v) is 4.83. The molecule has 0 aliphatic heterocycles. The Labute approximate surface area is 122 Å². The zero-order chi connectivity index (χ0) is 15.6. The number of nitrogen functional groups attached to an aromatic ring is 1. The van der Waals surface area contributed by atoms with E-state index in [2.05, 4.69) is 0 Å². The van der Waals surface area contributed by atoms with Gasteiger partial charge in [-0.15, -0.1) is 0 Å². The van der Waals surface area contributed by atoms with Crippen molar-refractivity contribution in [2.75, 3.05) is 12.8 Å². The number of nitrogens with zero attached hydrogens (tertiary/aromatic N) is 1. The van der Waals surface area contributed by atoms with Crippen LogP contribution in [0.2, 0.25) is 0 Å². The smallest absolute Gasteiger partial charge is 0.243 e. The Morgan fingerprint density at radius 1 is 1.19 bits per heavy atom. The molecule has 0 saturated heterocycles. The number of nitrogens with two attached hydrogens (primary N) is 1. The number of hydrogen-bond acceptors (Lipinski definition) is 4. The molecule has 3 N–H and O–H groups in total. The van der Waals surface area contributed by atoms with Gasteiger partial charge in [0.25, 0.3) is 0 Å². The van der Waals surface area contributed by atoms with E-state index < -0.39 is 10.0 Å². The lowest BCUT2D eigenvalue weighted by Crippen LogP contribution is -2.26. The SMILES string of the molecule is CN(Cc1ccc(F)cc1)S(=O)(=O)c1ccc(O)c(N)c1. The van der Waals surface area contributed by atoms with Crippen LogP contribution >= 0.6 is 0 Å². The molecule has 112 valence electrons. The third-order valence-electron chi connectivity index (χ3n) is 3.03. The number of hydrogen-bond donors (Lipinski definition) is 2. The first-order chi connectivity index (χ1) is 9.80. The van der Waals surface area contributed by atoms with Crippen LogP contribution in [0.3, 0.4) is 0 Å². The molecule has 0 saturated carbocycles. The average Bonchev–Trinajstić information content (AvgIpc) is 2.44. The second kappa shape index (κ2) is 5.71. The number of sulfonamides is 1. The molecular formula is C14H15FN2O3S. The summed E-state index contributed by atoms with van der Waals surface area (Å²) in [5.74, 6) is -0.550. The molecule has 0 spiro atoms. The molecule has 2 aromatic rings. The highest BCUT2D eigenvalue weighted by molar-refractivity contribution is 7.89. The maximum atomic E-state index is 12.8. The maximum absolute atomic E-state index is 12.8. The highest BCUT2D eigenvalue weighted by Crippen LogP contribution is 2.25. The van der Waals surface area contributed by atoms with Crippen LogP contribution < -0.4 is 5.73 Å². The van der Waals surface area contributed by atoms with Crippen molar-refractivity contribution in [1.82, 2.24) is 4.31 Å². The van der Waals surface area contributed by atoms with Gasteiger partial charge in [0.1, 0.15) is 11.6 Å². The summed E-state index contributed by atoms with van der Waals surface area (Å²) in [6.07, 6.45) is 0. The molecule has 0 aliphatic carbocycles. The van der Waals surface area contributed by atoms with Crippen LogP contribution in [0.25, 0.3) is 0 Å². The van der Waals surface area contributed by atoms with E-state index >= 15 is 0 Å². The molecule has 0 bridgehead atoms. The third kappa shape index (κ3) is 3.32. The van der Waals surface area contributed by atoms with Crippen molar-refractivity contribution in [3.05, 3.63) is 53.8 Å². The van der Waals surface area contributed by atoms with Crippen molar-refractivity contribution >= 4 is 15.7 Å². The van der Waals surface area contributed by atoms with Crippen LogP contribution in [0.15, 0.2) is 47.4 Å². The van der Waals surface area contributed by atoms with Gasteiger partial charge in [-0.3, -0.25) is 0 Å². The normalized spacial score (nSPS) is 11.8. The average molecular weight is 310 g/mol. The summed E-state index contributed by atoms with van der Waals surface area (Å²) in [5.41, 5.74) is 6.17. The topological polar surface area (TPSA) is 83.6 Å². The summed E-state index contributed by atoms with van der Waals surface area (Å²) in [4.78, 5) is -0.0117. The lowest BCUT2D eigenvalue weighted by molar-refractivity contribution is 0.465. The first-order valence-electron chi connectivity index (χ1n) is 6.10. The molecule has 0 aromatic heterocycles. The van der Waals surface area contributed by atoms with E-state index in [1.807, 2.05) is 0 Å². The Morgan fingerprint density at radius 2 is 1.81 bits per heavy atom. The van der Waals surface area contributed by atoms with Gasteiger partial charge >= 0.3 is 0 Å². The second-order valence-corrected chi connectivity index (χ2v) is 6.65. The molecule has 0 atom stereocenters. The van der Waals surface area contributed by atoms with Gasteiger partial charge in [0.15, 0.2) is 0 Å². The van der Waals surface area contributed by atoms with Gasteiger partial charge in [-0.2, -0.15) is 4.31 Å². The fourth-order valence-corrected chi connectivity index (χ4v) is 3.00. The van der Waals surface area contributed by atoms with Crippen LogP contribution in [-0.4, -0.2) is 24.9 Å². The molecule has 21 heavy (non-hydrogen) atoms. The van der Waals surface area contributed by atoms with Gasteiger partial charge in [0.05, 0.1) is 10.6 Å². The summed E-state index contributed by atoms with van der Waals surface area (Å²) in [7, 11) is -2.32. The Bertz CT molecular complexity index is 745. The maximum Gasteiger partial charge on any atom is 0.243 e. The molecule has 2 rings (SSSR count). The van der Waals surface area contributed by atoms with E-state index in [1.54, 1.807) is 0 Å². The van der Waals surface area contributed by atoms with Gasteiger partial charge in [0, 0.05) is 13.6 Å². The Morgan fingerprint density at radius 3 is 2.38 bits per heavy atom. The summed E-state index contributed by atoms with van der Waals surface area (Å²) in [6.45, 7) is 0.101. The van der Waals surface area contributed by atoms with Crippen molar-refractivity contribution in [2.45, 2.75) is 11.4 Å². The molecular weight excluding hydrogens is 295 g/mol. The van der Waals surface area contributed by atoms with Crippen LogP contribution in [-0.2, 0) is 16.6 Å². The summed E-state index contributed by atoms with van der Waals surface area (Å²) in [5, 5.41) is 9.34. The molecule has 0 heterocycles. The van der Waals surface area contributed by atoms with E-state index in [0.29, 0.717) is 5.56 Å². The van der Waals surface area contributed by atoms with E-state index in [1.165, 1.54) is 49.5 Å². The van der Waals surface area contributed by atoms with Gasteiger partial charge in [-0.1, -0.05) is 12.1 Å². The molecule has 0 fully saturated rings. The standard InChI is InChI=1S/C14H15FN2O3S/c1-17(9-10-2-4-11(15)5-3-10)21(19,20)12-6-7-14(18)13(16)8-12/h2-8,18H,9,16H2,1H3.